The summed E-state index contributed by atoms with van der Waals surface area (Å²) in [6, 6.07) is 4.88. The van der Waals surface area contributed by atoms with Gasteiger partial charge in [-0.15, -0.1) is 4.37 Å². The molecular weight excluding hydrogens is 245 g/mol. The Labute approximate surface area is 93.1 Å². The van der Waals surface area contributed by atoms with E-state index in [1.54, 1.807) is 18.2 Å². The molecule has 6 heteroatoms. The van der Waals surface area contributed by atoms with Crippen LogP contribution in [0, 0.1) is 0 Å². The fourth-order valence-electron chi connectivity index (χ4n) is 0.962. The SMILES string of the molecule is O=c1oc(-c2ccc(Cl)cc2Cl)ns1. The van der Waals surface area contributed by atoms with Crippen LogP contribution < -0.4 is 4.94 Å². The van der Waals surface area contributed by atoms with Gasteiger partial charge in [-0.05, 0) is 18.2 Å². The summed E-state index contributed by atoms with van der Waals surface area (Å²) in [4.78, 5) is 10.3. The molecule has 0 unspecified atom stereocenters. The number of hydrogen-bond donors (Lipinski definition) is 0. The van der Waals surface area contributed by atoms with Crippen molar-refractivity contribution in [3.63, 3.8) is 0 Å². The molecule has 0 bridgehead atoms. The van der Waals surface area contributed by atoms with Gasteiger partial charge in [0.1, 0.15) is 0 Å². The Morgan fingerprint density at radius 3 is 2.71 bits per heavy atom. The fourth-order valence-corrected chi connectivity index (χ4v) is 1.86. The second-order valence-electron chi connectivity index (χ2n) is 2.46. The van der Waals surface area contributed by atoms with Crippen molar-refractivity contribution in [3.05, 3.63) is 38.0 Å². The van der Waals surface area contributed by atoms with E-state index in [1.165, 1.54) is 0 Å². The molecule has 14 heavy (non-hydrogen) atoms. The predicted molar refractivity (Wildman–Crippen MR) is 56.1 cm³/mol. The third-order valence-corrected chi connectivity index (χ3v) is 2.58. The summed E-state index contributed by atoms with van der Waals surface area (Å²) in [5.41, 5.74) is 0.564. The van der Waals surface area contributed by atoms with Crippen LogP contribution in [-0.4, -0.2) is 4.37 Å². The van der Waals surface area contributed by atoms with Gasteiger partial charge in [-0.2, -0.15) is 0 Å². The summed E-state index contributed by atoms with van der Waals surface area (Å²) in [7, 11) is 0. The molecule has 0 fully saturated rings. The molecule has 0 aliphatic heterocycles. The Kier molecular flexibility index (Phi) is 2.58. The fraction of sp³-hybridized carbons (Fsp3) is 0. The zero-order valence-electron chi connectivity index (χ0n) is 6.66. The second kappa shape index (κ2) is 3.73. The molecule has 1 heterocycles. The van der Waals surface area contributed by atoms with Gasteiger partial charge in [-0.3, -0.25) is 0 Å². The summed E-state index contributed by atoms with van der Waals surface area (Å²) >= 11 is 12.4. The van der Waals surface area contributed by atoms with Gasteiger partial charge in [0.2, 0.25) is 5.89 Å². The summed E-state index contributed by atoms with van der Waals surface area (Å²) in [5, 5.41) is 0.933. The lowest BCUT2D eigenvalue weighted by atomic mass is 10.2. The van der Waals surface area contributed by atoms with E-state index < -0.39 is 4.94 Å². The van der Waals surface area contributed by atoms with E-state index in [0.29, 0.717) is 15.6 Å². The van der Waals surface area contributed by atoms with Crippen molar-refractivity contribution in [1.82, 2.24) is 4.37 Å². The highest BCUT2D eigenvalue weighted by Crippen LogP contribution is 2.28. The molecule has 0 saturated heterocycles. The lowest BCUT2D eigenvalue weighted by molar-refractivity contribution is 0.543. The predicted octanol–water partition coefficient (Wildman–Crippen LogP) is 3.07. The lowest BCUT2D eigenvalue weighted by Gasteiger charge is -1.98. The van der Waals surface area contributed by atoms with Gasteiger partial charge in [0.05, 0.1) is 22.1 Å². The molecule has 0 atom stereocenters. The van der Waals surface area contributed by atoms with Crippen LogP contribution in [0.15, 0.2) is 27.4 Å². The number of aromatic nitrogens is 1. The summed E-state index contributed by atoms with van der Waals surface area (Å²) in [6.07, 6.45) is 0. The average Bonchev–Trinajstić information content (AvgIpc) is 2.51. The maximum absolute atomic E-state index is 10.8. The van der Waals surface area contributed by atoms with Gasteiger partial charge in [-0.1, -0.05) is 23.2 Å². The van der Waals surface area contributed by atoms with E-state index in [0.717, 1.165) is 11.5 Å². The van der Waals surface area contributed by atoms with Crippen LogP contribution >= 0.6 is 34.7 Å². The monoisotopic (exact) mass is 247 g/mol. The summed E-state index contributed by atoms with van der Waals surface area (Å²) in [5.74, 6) is 0.224. The highest BCUT2D eigenvalue weighted by atomic mass is 35.5. The van der Waals surface area contributed by atoms with E-state index in [9.17, 15) is 4.79 Å². The minimum atomic E-state index is -0.453. The van der Waals surface area contributed by atoms with Crippen molar-refractivity contribution in [2.24, 2.45) is 0 Å². The number of nitrogens with zero attached hydrogens (tertiary/aromatic N) is 1. The number of halogens is 2. The standard InChI is InChI=1S/C8H3Cl2NO2S/c9-4-1-2-5(6(10)3-4)7-11-14-8(12)13-7/h1-3H. The van der Waals surface area contributed by atoms with Crippen molar-refractivity contribution in [3.8, 4) is 11.5 Å². The molecule has 0 spiro atoms. The van der Waals surface area contributed by atoms with Crippen LogP contribution in [-0.2, 0) is 0 Å². The molecule has 0 radical (unpaired) electrons. The average molecular weight is 248 g/mol. The zero-order valence-corrected chi connectivity index (χ0v) is 8.99. The molecule has 0 saturated carbocycles. The van der Waals surface area contributed by atoms with Crippen molar-refractivity contribution < 1.29 is 4.42 Å². The van der Waals surface area contributed by atoms with Gasteiger partial charge in [0.15, 0.2) is 0 Å². The van der Waals surface area contributed by atoms with Gasteiger partial charge in [0, 0.05) is 5.02 Å². The Morgan fingerprint density at radius 1 is 1.36 bits per heavy atom. The Hall–Kier alpha value is -0.840. The molecule has 1 aromatic heterocycles. The highest BCUT2D eigenvalue weighted by Gasteiger charge is 2.09. The van der Waals surface area contributed by atoms with Crippen LogP contribution in [0.5, 0.6) is 0 Å². The number of benzene rings is 1. The third kappa shape index (κ3) is 1.82. The van der Waals surface area contributed by atoms with Crippen LogP contribution in [0.2, 0.25) is 10.0 Å². The van der Waals surface area contributed by atoms with E-state index in [1.807, 2.05) is 0 Å². The highest BCUT2D eigenvalue weighted by molar-refractivity contribution is 7.02. The molecule has 72 valence electrons. The van der Waals surface area contributed by atoms with Crippen LogP contribution in [0.1, 0.15) is 0 Å². The largest absolute Gasteiger partial charge is 0.414 e. The Morgan fingerprint density at radius 2 is 2.14 bits per heavy atom. The smallest absolute Gasteiger partial charge is 0.394 e. The molecule has 2 rings (SSSR count). The van der Waals surface area contributed by atoms with Crippen LogP contribution in [0.4, 0.5) is 0 Å². The second-order valence-corrected chi connectivity index (χ2v) is 4.01. The van der Waals surface area contributed by atoms with Gasteiger partial charge in [-0.25, -0.2) is 4.79 Å². The first kappa shape index (κ1) is 9.71. The van der Waals surface area contributed by atoms with Gasteiger partial charge in [0.25, 0.3) is 0 Å². The maximum Gasteiger partial charge on any atom is 0.414 e. The number of hydrogen-bond acceptors (Lipinski definition) is 4. The Balaban J connectivity index is 2.57. The van der Waals surface area contributed by atoms with E-state index >= 15 is 0 Å². The molecule has 0 aliphatic rings. The third-order valence-electron chi connectivity index (χ3n) is 1.54. The molecule has 3 nitrogen and oxygen atoms in total. The normalized spacial score (nSPS) is 10.4. The topological polar surface area (TPSA) is 43.1 Å². The van der Waals surface area contributed by atoms with Crippen molar-refractivity contribution in [2.75, 3.05) is 0 Å². The first-order valence-electron chi connectivity index (χ1n) is 3.59. The van der Waals surface area contributed by atoms with Gasteiger partial charge < -0.3 is 4.42 Å². The summed E-state index contributed by atoms with van der Waals surface area (Å²) < 4.78 is 8.63. The van der Waals surface area contributed by atoms with E-state index in [2.05, 4.69) is 4.37 Å². The maximum atomic E-state index is 10.8. The Bertz CT molecular complexity index is 520. The molecular formula is C8H3Cl2NO2S. The number of rotatable bonds is 1. The molecule has 0 amide bonds. The first-order valence-corrected chi connectivity index (χ1v) is 5.12. The lowest BCUT2D eigenvalue weighted by Crippen LogP contribution is -1.83. The minimum absolute atomic E-state index is 0.224. The molecule has 0 aliphatic carbocycles. The van der Waals surface area contributed by atoms with Crippen LogP contribution in [0.3, 0.4) is 0 Å². The molecule has 2 aromatic rings. The zero-order chi connectivity index (χ0) is 10.1. The molecule has 0 N–H and O–H groups in total. The van der Waals surface area contributed by atoms with Crippen molar-refractivity contribution in [2.45, 2.75) is 0 Å². The quantitative estimate of drug-likeness (QED) is 0.778. The van der Waals surface area contributed by atoms with Gasteiger partial charge >= 0.3 is 4.94 Å². The van der Waals surface area contributed by atoms with Crippen LogP contribution in [0.25, 0.3) is 11.5 Å². The van der Waals surface area contributed by atoms with Crippen molar-refractivity contribution in [1.29, 1.82) is 0 Å². The van der Waals surface area contributed by atoms with E-state index in [-0.39, 0.29) is 5.89 Å². The molecule has 1 aromatic carbocycles. The minimum Gasteiger partial charge on any atom is -0.394 e. The van der Waals surface area contributed by atoms with Crippen molar-refractivity contribution >= 4 is 34.7 Å². The first-order chi connectivity index (χ1) is 6.66. The summed E-state index contributed by atoms with van der Waals surface area (Å²) in [6.45, 7) is 0. The van der Waals surface area contributed by atoms with E-state index in [4.69, 9.17) is 27.6 Å².